The molecule has 1 N–H and O–H groups in total. The van der Waals surface area contributed by atoms with Crippen molar-refractivity contribution in [2.24, 2.45) is 0 Å². The molecule has 0 aliphatic carbocycles. The van der Waals surface area contributed by atoms with Crippen LogP contribution in [0.2, 0.25) is 5.02 Å². The van der Waals surface area contributed by atoms with E-state index in [9.17, 15) is 0 Å². The smallest absolute Gasteiger partial charge is 0.216 e. The number of hydrogen-bond acceptors (Lipinski definition) is 3. The normalized spacial score (nSPS) is 13.4. The molecule has 0 spiro atoms. The summed E-state index contributed by atoms with van der Waals surface area (Å²) in [6, 6.07) is 20.2. The van der Waals surface area contributed by atoms with E-state index in [0.29, 0.717) is 10.9 Å². The molecule has 25 heavy (non-hydrogen) atoms. The standard InChI is InChI=1S/C20H22ClN3O/c1-14(16-8-5-4-6-9-16)22-15(2)19-13-20(25-3)24(23-19)18-11-7-10-17(21)12-18/h4-15,22H,1-3H3/t14?,15-/m1/s1. The Morgan fingerprint density at radius 1 is 1.00 bits per heavy atom. The van der Waals surface area contributed by atoms with Gasteiger partial charge in [-0.05, 0) is 37.6 Å². The summed E-state index contributed by atoms with van der Waals surface area (Å²) in [5.41, 5.74) is 3.04. The molecule has 130 valence electrons. The zero-order valence-corrected chi connectivity index (χ0v) is 15.4. The fourth-order valence-electron chi connectivity index (χ4n) is 2.83. The number of benzene rings is 2. The highest BCUT2D eigenvalue weighted by Gasteiger charge is 2.17. The van der Waals surface area contributed by atoms with Gasteiger partial charge in [0.1, 0.15) is 0 Å². The maximum Gasteiger partial charge on any atom is 0.216 e. The summed E-state index contributed by atoms with van der Waals surface area (Å²) in [5.74, 6) is 0.679. The Hall–Kier alpha value is -2.30. The third-order valence-corrected chi connectivity index (χ3v) is 4.44. The number of rotatable bonds is 6. The molecule has 2 atom stereocenters. The van der Waals surface area contributed by atoms with E-state index in [1.54, 1.807) is 11.8 Å². The van der Waals surface area contributed by atoms with Crippen LogP contribution in [0.25, 0.3) is 5.69 Å². The molecule has 0 saturated carbocycles. The molecule has 0 aliphatic rings. The molecule has 2 aromatic carbocycles. The van der Waals surface area contributed by atoms with Crippen molar-refractivity contribution >= 4 is 11.6 Å². The molecule has 1 heterocycles. The fourth-order valence-corrected chi connectivity index (χ4v) is 3.01. The van der Waals surface area contributed by atoms with Crippen LogP contribution in [0.4, 0.5) is 0 Å². The van der Waals surface area contributed by atoms with E-state index in [2.05, 4.69) is 43.4 Å². The second-order valence-corrected chi connectivity index (χ2v) is 6.46. The first-order chi connectivity index (χ1) is 12.1. The summed E-state index contributed by atoms with van der Waals surface area (Å²) < 4.78 is 7.26. The fraction of sp³-hybridized carbons (Fsp3) is 0.250. The van der Waals surface area contributed by atoms with Crippen molar-refractivity contribution in [1.29, 1.82) is 0 Å². The molecule has 3 aromatic rings. The van der Waals surface area contributed by atoms with Gasteiger partial charge in [-0.1, -0.05) is 48.0 Å². The van der Waals surface area contributed by atoms with Crippen molar-refractivity contribution in [2.45, 2.75) is 25.9 Å². The predicted molar refractivity (Wildman–Crippen MR) is 102 cm³/mol. The molecule has 0 aliphatic heterocycles. The molecule has 0 radical (unpaired) electrons. The van der Waals surface area contributed by atoms with Crippen LogP contribution >= 0.6 is 11.6 Å². The van der Waals surface area contributed by atoms with Crippen molar-refractivity contribution in [3.63, 3.8) is 0 Å². The summed E-state index contributed by atoms with van der Waals surface area (Å²) in [5, 5.41) is 8.96. The van der Waals surface area contributed by atoms with Gasteiger partial charge in [-0.2, -0.15) is 5.10 Å². The summed E-state index contributed by atoms with van der Waals surface area (Å²) >= 11 is 6.10. The zero-order valence-electron chi connectivity index (χ0n) is 14.6. The molecule has 0 saturated heterocycles. The lowest BCUT2D eigenvalue weighted by Gasteiger charge is -2.18. The lowest BCUT2D eigenvalue weighted by molar-refractivity contribution is 0.383. The monoisotopic (exact) mass is 355 g/mol. The highest BCUT2D eigenvalue weighted by Crippen LogP contribution is 2.25. The Labute approximate surface area is 153 Å². The van der Waals surface area contributed by atoms with Gasteiger partial charge < -0.3 is 10.1 Å². The van der Waals surface area contributed by atoms with Gasteiger partial charge in [0, 0.05) is 23.2 Å². The van der Waals surface area contributed by atoms with E-state index in [1.165, 1.54) is 5.56 Å². The van der Waals surface area contributed by atoms with Crippen LogP contribution < -0.4 is 10.1 Å². The summed E-state index contributed by atoms with van der Waals surface area (Å²) in [6.07, 6.45) is 0. The largest absolute Gasteiger partial charge is 0.481 e. The highest BCUT2D eigenvalue weighted by molar-refractivity contribution is 6.30. The number of aromatic nitrogens is 2. The number of nitrogens with zero attached hydrogens (tertiary/aromatic N) is 2. The number of nitrogens with one attached hydrogen (secondary N) is 1. The minimum Gasteiger partial charge on any atom is -0.481 e. The SMILES string of the molecule is COc1cc([C@@H](C)NC(C)c2ccccc2)nn1-c1cccc(Cl)c1. The van der Waals surface area contributed by atoms with E-state index in [-0.39, 0.29) is 12.1 Å². The van der Waals surface area contributed by atoms with E-state index < -0.39 is 0 Å². The molecule has 5 heteroatoms. The molecule has 4 nitrogen and oxygen atoms in total. The van der Waals surface area contributed by atoms with Crippen molar-refractivity contribution in [3.05, 3.63) is 76.9 Å². The van der Waals surface area contributed by atoms with Gasteiger partial charge in [0.05, 0.1) is 18.5 Å². The Morgan fingerprint density at radius 2 is 1.76 bits per heavy atom. The summed E-state index contributed by atoms with van der Waals surface area (Å²) in [6.45, 7) is 4.25. The second-order valence-electron chi connectivity index (χ2n) is 6.02. The van der Waals surface area contributed by atoms with Crippen molar-refractivity contribution in [2.75, 3.05) is 7.11 Å². The topological polar surface area (TPSA) is 39.1 Å². The summed E-state index contributed by atoms with van der Waals surface area (Å²) in [7, 11) is 1.65. The van der Waals surface area contributed by atoms with Crippen LogP contribution in [0.5, 0.6) is 5.88 Å². The van der Waals surface area contributed by atoms with Gasteiger partial charge in [-0.15, -0.1) is 0 Å². The summed E-state index contributed by atoms with van der Waals surface area (Å²) in [4.78, 5) is 0. The highest BCUT2D eigenvalue weighted by atomic mass is 35.5. The Bertz CT molecular complexity index is 832. The van der Waals surface area contributed by atoms with Crippen molar-refractivity contribution in [3.8, 4) is 11.6 Å². The van der Waals surface area contributed by atoms with Crippen LogP contribution in [-0.4, -0.2) is 16.9 Å². The lowest BCUT2D eigenvalue weighted by Crippen LogP contribution is -2.22. The molecular weight excluding hydrogens is 334 g/mol. The Balaban J connectivity index is 1.83. The third kappa shape index (κ3) is 4.03. The van der Waals surface area contributed by atoms with Gasteiger partial charge in [0.25, 0.3) is 0 Å². The molecule has 0 amide bonds. The Morgan fingerprint density at radius 3 is 2.44 bits per heavy atom. The van der Waals surface area contributed by atoms with Gasteiger partial charge in [0.15, 0.2) is 0 Å². The Kier molecular flexibility index (Phi) is 5.41. The van der Waals surface area contributed by atoms with E-state index in [1.807, 2.05) is 36.4 Å². The number of methoxy groups -OCH3 is 1. The number of ether oxygens (including phenoxy) is 1. The molecule has 1 unspecified atom stereocenters. The molecule has 0 bridgehead atoms. The molecular formula is C20H22ClN3O. The van der Waals surface area contributed by atoms with E-state index in [0.717, 1.165) is 11.4 Å². The maximum atomic E-state index is 6.10. The number of hydrogen-bond donors (Lipinski definition) is 1. The van der Waals surface area contributed by atoms with Crippen LogP contribution in [0.15, 0.2) is 60.7 Å². The average Bonchev–Trinajstić information content (AvgIpc) is 3.07. The third-order valence-electron chi connectivity index (χ3n) is 4.20. The van der Waals surface area contributed by atoms with Crippen molar-refractivity contribution < 1.29 is 4.74 Å². The van der Waals surface area contributed by atoms with E-state index >= 15 is 0 Å². The van der Waals surface area contributed by atoms with Crippen LogP contribution in [-0.2, 0) is 0 Å². The first kappa shape index (κ1) is 17.5. The maximum absolute atomic E-state index is 6.10. The number of halogens is 1. The quantitative estimate of drug-likeness (QED) is 0.680. The zero-order chi connectivity index (χ0) is 17.8. The molecule has 0 fully saturated rings. The average molecular weight is 356 g/mol. The lowest BCUT2D eigenvalue weighted by atomic mass is 10.1. The van der Waals surface area contributed by atoms with Gasteiger partial charge in [0.2, 0.25) is 5.88 Å². The first-order valence-electron chi connectivity index (χ1n) is 8.29. The minimum atomic E-state index is 0.0736. The van der Waals surface area contributed by atoms with Crippen molar-refractivity contribution in [1.82, 2.24) is 15.1 Å². The minimum absolute atomic E-state index is 0.0736. The van der Waals surface area contributed by atoms with Gasteiger partial charge in [-0.25, -0.2) is 4.68 Å². The van der Waals surface area contributed by atoms with Crippen LogP contribution in [0, 0.1) is 0 Å². The van der Waals surface area contributed by atoms with Gasteiger partial charge in [-0.3, -0.25) is 0 Å². The predicted octanol–water partition coefficient (Wildman–Crippen LogP) is 4.95. The van der Waals surface area contributed by atoms with E-state index in [4.69, 9.17) is 21.4 Å². The first-order valence-corrected chi connectivity index (χ1v) is 8.67. The second kappa shape index (κ2) is 7.72. The molecule has 1 aromatic heterocycles. The van der Waals surface area contributed by atoms with Crippen LogP contribution in [0.1, 0.15) is 37.2 Å². The van der Waals surface area contributed by atoms with Gasteiger partial charge >= 0.3 is 0 Å². The molecule has 3 rings (SSSR count). The van der Waals surface area contributed by atoms with Crippen LogP contribution in [0.3, 0.4) is 0 Å².